The van der Waals surface area contributed by atoms with Gasteiger partial charge < -0.3 is 19.9 Å². The predicted octanol–water partition coefficient (Wildman–Crippen LogP) is 3.24. The molecular weight excluding hydrogens is 439 g/mol. The van der Waals surface area contributed by atoms with Crippen LogP contribution in [0.5, 0.6) is 0 Å². The maximum absolute atomic E-state index is 5.70. The molecule has 0 radical (unpaired) electrons. The van der Waals surface area contributed by atoms with Crippen molar-refractivity contribution in [2.45, 2.75) is 25.7 Å². The SMILES string of the molecule is CN=C(NCCCc1ccc(N(C)C)cc1)N(C)CCOCC1CC1.I. The molecule has 0 unspecified atom stereocenters. The van der Waals surface area contributed by atoms with Crippen LogP contribution in [0, 0.1) is 5.92 Å². The zero-order valence-corrected chi connectivity index (χ0v) is 19.0. The summed E-state index contributed by atoms with van der Waals surface area (Å²) in [5.41, 5.74) is 2.62. The van der Waals surface area contributed by atoms with Crippen LogP contribution in [0.25, 0.3) is 0 Å². The van der Waals surface area contributed by atoms with Gasteiger partial charge in [0.15, 0.2) is 5.96 Å². The number of hydrogen-bond acceptors (Lipinski definition) is 3. The minimum absolute atomic E-state index is 0. The van der Waals surface area contributed by atoms with Crippen molar-refractivity contribution in [2.24, 2.45) is 10.9 Å². The highest BCUT2D eigenvalue weighted by Crippen LogP contribution is 2.28. The summed E-state index contributed by atoms with van der Waals surface area (Å²) in [5.74, 6) is 1.77. The lowest BCUT2D eigenvalue weighted by molar-refractivity contribution is 0.115. The summed E-state index contributed by atoms with van der Waals surface area (Å²) in [4.78, 5) is 8.62. The van der Waals surface area contributed by atoms with E-state index in [1.165, 1.54) is 24.1 Å². The Morgan fingerprint density at radius 3 is 2.46 bits per heavy atom. The highest BCUT2D eigenvalue weighted by atomic mass is 127. The van der Waals surface area contributed by atoms with Gasteiger partial charge in [0.05, 0.1) is 6.61 Å². The first kappa shape index (κ1) is 23.0. The molecule has 0 bridgehead atoms. The maximum atomic E-state index is 5.70. The van der Waals surface area contributed by atoms with Gasteiger partial charge in [-0.3, -0.25) is 4.99 Å². The summed E-state index contributed by atoms with van der Waals surface area (Å²) in [7, 11) is 8.04. The van der Waals surface area contributed by atoms with Gasteiger partial charge in [-0.1, -0.05) is 12.1 Å². The van der Waals surface area contributed by atoms with E-state index in [0.717, 1.165) is 51.0 Å². The van der Waals surface area contributed by atoms with Crippen LogP contribution in [0.2, 0.25) is 0 Å². The standard InChI is InChI=1S/C20H34N4O.HI/c1-21-20(24(4)14-15-25-16-18-7-8-18)22-13-5-6-17-9-11-19(12-10-17)23(2)3;/h9-12,18H,5-8,13-16H2,1-4H3,(H,21,22);1H. The van der Waals surface area contributed by atoms with E-state index in [-0.39, 0.29) is 24.0 Å². The Labute approximate surface area is 176 Å². The van der Waals surface area contributed by atoms with Crippen LogP contribution in [-0.2, 0) is 11.2 Å². The Kier molecular flexibility index (Phi) is 11.0. The van der Waals surface area contributed by atoms with E-state index < -0.39 is 0 Å². The fraction of sp³-hybridized carbons (Fsp3) is 0.650. The molecule has 148 valence electrons. The van der Waals surface area contributed by atoms with Gasteiger partial charge in [-0.25, -0.2) is 0 Å². The van der Waals surface area contributed by atoms with Crippen molar-refractivity contribution < 1.29 is 4.74 Å². The third-order valence-electron chi connectivity index (χ3n) is 4.57. The first-order chi connectivity index (χ1) is 12.1. The number of aliphatic imine (C=N–C) groups is 1. The average molecular weight is 474 g/mol. The second-order valence-electron chi connectivity index (χ2n) is 7.08. The van der Waals surface area contributed by atoms with E-state index in [9.17, 15) is 0 Å². The molecule has 0 saturated heterocycles. The van der Waals surface area contributed by atoms with E-state index in [1.54, 1.807) is 0 Å². The summed E-state index contributed by atoms with van der Waals surface area (Å²) >= 11 is 0. The van der Waals surface area contributed by atoms with E-state index in [2.05, 4.69) is 65.5 Å². The van der Waals surface area contributed by atoms with Crippen LogP contribution in [-0.4, -0.2) is 65.4 Å². The third kappa shape index (κ3) is 8.58. The normalized spacial score (nSPS) is 13.9. The van der Waals surface area contributed by atoms with Crippen LogP contribution < -0.4 is 10.2 Å². The zero-order valence-electron chi connectivity index (χ0n) is 16.7. The largest absolute Gasteiger partial charge is 0.379 e. The molecule has 0 atom stereocenters. The molecule has 0 aromatic heterocycles. The molecule has 26 heavy (non-hydrogen) atoms. The van der Waals surface area contributed by atoms with Gasteiger partial charge in [-0.15, -0.1) is 24.0 Å². The smallest absolute Gasteiger partial charge is 0.193 e. The van der Waals surface area contributed by atoms with Gasteiger partial charge in [-0.05, 0) is 49.3 Å². The number of aryl methyl sites for hydroxylation is 1. The van der Waals surface area contributed by atoms with Gasteiger partial charge in [0.1, 0.15) is 0 Å². The lowest BCUT2D eigenvalue weighted by atomic mass is 10.1. The van der Waals surface area contributed by atoms with Crippen molar-refractivity contribution in [1.29, 1.82) is 0 Å². The molecule has 1 saturated carbocycles. The monoisotopic (exact) mass is 474 g/mol. The van der Waals surface area contributed by atoms with E-state index in [0.29, 0.717) is 0 Å². The molecule has 1 fully saturated rings. The molecule has 1 aromatic rings. The lowest BCUT2D eigenvalue weighted by Crippen LogP contribution is -2.41. The predicted molar refractivity (Wildman–Crippen MR) is 122 cm³/mol. The van der Waals surface area contributed by atoms with Gasteiger partial charge in [0, 0.05) is 53.6 Å². The second-order valence-corrected chi connectivity index (χ2v) is 7.08. The van der Waals surface area contributed by atoms with Crippen LogP contribution in [0.4, 0.5) is 5.69 Å². The molecule has 2 rings (SSSR count). The highest BCUT2D eigenvalue weighted by molar-refractivity contribution is 14.0. The number of anilines is 1. The molecule has 5 nitrogen and oxygen atoms in total. The molecule has 1 aromatic carbocycles. The summed E-state index contributed by atoms with van der Waals surface area (Å²) in [6.07, 6.45) is 4.85. The first-order valence-corrected chi connectivity index (χ1v) is 9.36. The van der Waals surface area contributed by atoms with Gasteiger partial charge in [-0.2, -0.15) is 0 Å². The highest BCUT2D eigenvalue weighted by Gasteiger charge is 2.21. The summed E-state index contributed by atoms with van der Waals surface area (Å²) in [6.45, 7) is 3.49. The summed E-state index contributed by atoms with van der Waals surface area (Å²) in [5, 5.41) is 3.44. The fourth-order valence-corrected chi connectivity index (χ4v) is 2.68. The summed E-state index contributed by atoms with van der Waals surface area (Å²) in [6, 6.07) is 8.79. The Bertz CT molecular complexity index is 529. The number of halogens is 1. The lowest BCUT2D eigenvalue weighted by Gasteiger charge is -2.22. The average Bonchev–Trinajstić information content (AvgIpc) is 3.43. The maximum Gasteiger partial charge on any atom is 0.193 e. The van der Waals surface area contributed by atoms with E-state index in [4.69, 9.17) is 4.74 Å². The number of guanidine groups is 1. The molecule has 0 spiro atoms. The molecule has 1 aliphatic carbocycles. The fourth-order valence-electron chi connectivity index (χ4n) is 2.68. The first-order valence-electron chi connectivity index (χ1n) is 9.36. The number of likely N-dealkylation sites (N-methyl/N-ethyl adjacent to an activating group) is 1. The molecule has 0 heterocycles. The minimum Gasteiger partial charge on any atom is -0.379 e. The Morgan fingerprint density at radius 1 is 1.19 bits per heavy atom. The molecule has 6 heteroatoms. The van der Waals surface area contributed by atoms with Crippen molar-refractivity contribution in [3.05, 3.63) is 29.8 Å². The molecule has 0 amide bonds. The van der Waals surface area contributed by atoms with Crippen LogP contribution in [0.3, 0.4) is 0 Å². The second kappa shape index (κ2) is 12.4. The number of hydrogen-bond donors (Lipinski definition) is 1. The topological polar surface area (TPSA) is 40.1 Å². The summed E-state index contributed by atoms with van der Waals surface area (Å²) < 4.78 is 5.70. The Hall–Kier alpha value is -1.02. The molecule has 0 aliphatic heterocycles. The van der Waals surface area contributed by atoms with E-state index in [1.807, 2.05) is 7.05 Å². The van der Waals surface area contributed by atoms with Crippen LogP contribution >= 0.6 is 24.0 Å². The van der Waals surface area contributed by atoms with Crippen molar-refractivity contribution in [1.82, 2.24) is 10.2 Å². The Morgan fingerprint density at radius 2 is 1.88 bits per heavy atom. The van der Waals surface area contributed by atoms with Crippen molar-refractivity contribution in [3.8, 4) is 0 Å². The number of ether oxygens (including phenoxy) is 1. The van der Waals surface area contributed by atoms with Crippen molar-refractivity contribution in [2.75, 3.05) is 59.4 Å². The Balaban J connectivity index is 0.00000338. The minimum atomic E-state index is 0. The molecule has 1 aliphatic rings. The van der Waals surface area contributed by atoms with Gasteiger partial charge in [0.25, 0.3) is 0 Å². The molecular formula is C20H35IN4O. The quantitative estimate of drug-likeness (QED) is 0.245. The van der Waals surface area contributed by atoms with Crippen LogP contribution in [0.15, 0.2) is 29.3 Å². The number of benzene rings is 1. The molecule has 1 N–H and O–H groups in total. The van der Waals surface area contributed by atoms with E-state index >= 15 is 0 Å². The number of nitrogens with zero attached hydrogens (tertiary/aromatic N) is 3. The van der Waals surface area contributed by atoms with Gasteiger partial charge >= 0.3 is 0 Å². The van der Waals surface area contributed by atoms with Crippen molar-refractivity contribution >= 4 is 35.6 Å². The van der Waals surface area contributed by atoms with Crippen molar-refractivity contribution in [3.63, 3.8) is 0 Å². The third-order valence-corrected chi connectivity index (χ3v) is 4.57. The number of nitrogens with one attached hydrogen (secondary N) is 1. The van der Waals surface area contributed by atoms with Gasteiger partial charge in [0.2, 0.25) is 0 Å². The number of rotatable bonds is 10. The zero-order chi connectivity index (χ0) is 18.1. The van der Waals surface area contributed by atoms with Crippen LogP contribution in [0.1, 0.15) is 24.8 Å².